The molecule has 1 aromatic rings. The average molecular weight is 335 g/mol. The molecule has 23 heavy (non-hydrogen) atoms. The molecule has 1 atom stereocenters. The molecule has 0 amide bonds. The maximum atomic E-state index is 11.0. The van der Waals surface area contributed by atoms with Gasteiger partial charge < -0.3 is 10.2 Å². The highest BCUT2D eigenvalue weighted by molar-refractivity contribution is 6.89. The summed E-state index contributed by atoms with van der Waals surface area (Å²) >= 11 is 0. The van der Waals surface area contributed by atoms with Crippen molar-refractivity contribution in [2.24, 2.45) is 11.0 Å². The Kier molecular flexibility index (Phi) is 6.80. The third-order valence-corrected chi connectivity index (χ3v) is 7.41. The molecule has 0 heterocycles. The van der Waals surface area contributed by atoms with Crippen LogP contribution in [-0.2, 0) is 9.59 Å². The average Bonchev–Trinajstić information content (AvgIpc) is 2.50. The zero-order chi connectivity index (χ0) is 17.5. The molecule has 0 saturated carbocycles. The molecule has 1 unspecified atom stereocenters. The van der Waals surface area contributed by atoms with E-state index in [0.717, 1.165) is 6.04 Å². The molecule has 8 heteroatoms. The molecule has 0 radical (unpaired) electrons. The molecule has 0 aromatic heterocycles. The van der Waals surface area contributed by atoms with Crippen LogP contribution in [0, 0.1) is 5.92 Å². The summed E-state index contributed by atoms with van der Waals surface area (Å²) in [5.41, 5.74) is 8.65. The Bertz CT molecular complexity index is 586. The van der Waals surface area contributed by atoms with Crippen LogP contribution in [0.3, 0.4) is 0 Å². The molecule has 124 valence electrons. The second kappa shape index (κ2) is 8.35. The number of carbonyl (C=O) groups is 2. The lowest BCUT2D eigenvalue weighted by atomic mass is 9.99. The molecule has 0 saturated heterocycles. The number of rotatable bonds is 9. The van der Waals surface area contributed by atoms with Crippen molar-refractivity contribution in [2.75, 3.05) is 0 Å². The molecule has 7 nitrogen and oxygen atoms in total. The molecular weight excluding hydrogens is 314 g/mol. The first-order valence-electron chi connectivity index (χ1n) is 7.33. The lowest BCUT2D eigenvalue weighted by molar-refractivity contribution is -0.155. The van der Waals surface area contributed by atoms with E-state index in [-0.39, 0.29) is 6.42 Å². The van der Waals surface area contributed by atoms with Gasteiger partial charge in [-0.15, -0.1) is 0 Å². The van der Waals surface area contributed by atoms with Gasteiger partial charge in [0.25, 0.3) is 0 Å². The van der Waals surface area contributed by atoms with Gasteiger partial charge >= 0.3 is 11.9 Å². The Balaban J connectivity index is 2.79. The maximum Gasteiger partial charge on any atom is 0.317 e. The summed E-state index contributed by atoms with van der Waals surface area (Å²) in [5, 5.41) is 22.8. The summed E-state index contributed by atoms with van der Waals surface area (Å²) in [4.78, 5) is 24.7. The van der Waals surface area contributed by atoms with Gasteiger partial charge in [0.1, 0.15) is 0 Å². The Morgan fingerprint density at radius 2 is 1.78 bits per heavy atom. The maximum absolute atomic E-state index is 11.0. The van der Waals surface area contributed by atoms with Gasteiger partial charge in [-0.3, -0.25) is 9.59 Å². The fourth-order valence-electron chi connectivity index (χ4n) is 2.44. The summed E-state index contributed by atoms with van der Waals surface area (Å²) in [6.07, 6.45) is 0.295. The van der Waals surface area contributed by atoms with Crippen LogP contribution in [0.5, 0.6) is 0 Å². The summed E-state index contributed by atoms with van der Waals surface area (Å²) in [5.74, 6) is -4.36. The van der Waals surface area contributed by atoms with Crippen LogP contribution in [0.2, 0.25) is 19.1 Å². The quantitative estimate of drug-likeness (QED) is 0.237. The second-order valence-electron chi connectivity index (χ2n) is 6.11. The van der Waals surface area contributed by atoms with Gasteiger partial charge in [0.2, 0.25) is 0 Å². The summed E-state index contributed by atoms with van der Waals surface area (Å²) in [7, 11) is -1.75. The van der Waals surface area contributed by atoms with E-state index >= 15 is 0 Å². The lowest BCUT2D eigenvalue weighted by Gasteiger charge is -2.25. The van der Waals surface area contributed by atoms with E-state index in [0.29, 0.717) is 6.42 Å². The fourth-order valence-corrected chi connectivity index (χ4v) is 4.87. The van der Waals surface area contributed by atoms with Gasteiger partial charge in [-0.1, -0.05) is 59.8 Å². The van der Waals surface area contributed by atoms with Crippen LogP contribution in [0.1, 0.15) is 12.8 Å². The summed E-state index contributed by atoms with van der Waals surface area (Å²) in [6, 6.07) is 10.2. The smallest absolute Gasteiger partial charge is 0.317 e. The predicted molar refractivity (Wildman–Crippen MR) is 89.3 cm³/mol. The van der Waals surface area contributed by atoms with Crippen molar-refractivity contribution in [2.45, 2.75) is 38.0 Å². The number of hydrogen-bond donors (Lipinski definition) is 2. The first kappa shape index (κ1) is 18.7. The molecular formula is C15H21N3O4Si. The largest absolute Gasteiger partial charge is 0.481 e. The van der Waals surface area contributed by atoms with Crippen molar-refractivity contribution in [1.82, 2.24) is 0 Å². The van der Waals surface area contributed by atoms with Crippen LogP contribution in [-0.4, -0.2) is 36.3 Å². The van der Waals surface area contributed by atoms with E-state index in [1.807, 2.05) is 18.2 Å². The van der Waals surface area contributed by atoms with E-state index in [1.54, 1.807) is 0 Å². The Morgan fingerprint density at radius 1 is 1.22 bits per heavy atom. The topological polar surface area (TPSA) is 123 Å². The van der Waals surface area contributed by atoms with Crippen molar-refractivity contribution in [3.8, 4) is 0 Å². The molecule has 0 aliphatic carbocycles. The van der Waals surface area contributed by atoms with E-state index in [9.17, 15) is 9.59 Å². The van der Waals surface area contributed by atoms with Crippen LogP contribution >= 0.6 is 0 Å². The third-order valence-electron chi connectivity index (χ3n) is 3.98. The number of carboxylic acids is 2. The van der Waals surface area contributed by atoms with E-state index < -0.39 is 32.0 Å². The highest BCUT2D eigenvalue weighted by atomic mass is 28.3. The Morgan fingerprint density at radius 3 is 2.26 bits per heavy atom. The van der Waals surface area contributed by atoms with Crippen LogP contribution < -0.4 is 5.19 Å². The monoisotopic (exact) mass is 335 g/mol. The van der Waals surface area contributed by atoms with Crippen LogP contribution in [0.4, 0.5) is 0 Å². The molecule has 1 aromatic carbocycles. The van der Waals surface area contributed by atoms with Gasteiger partial charge in [-0.25, -0.2) is 0 Å². The second-order valence-corrected chi connectivity index (χ2v) is 11.0. The molecule has 2 N–H and O–H groups in total. The summed E-state index contributed by atoms with van der Waals surface area (Å²) in [6.45, 7) is 4.36. The minimum atomic E-state index is -1.75. The van der Waals surface area contributed by atoms with E-state index in [4.69, 9.17) is 15.7 Å². The SMILES string of the molecule is C[Si](C)(CCC(CC(C(=O)O)C(=O)O)N=[N+]=[N-])c1ccccc1. The number of azide groups is 1. The first-order chi connectivity index (χ1) is 10.8. The van der Waals surface area contributed by atoms with Gasteiger partial charge in [0.15, 0.2) is 5.92 Å². The normalized spacial score (nSPS) is 12.5. The highest BCUT2D eigenvalue weighted by Crippen LogP contribution is 2.21. The first-order valence-corrected chi connectivity index (χ1v) is 10.5. The number of nitrogens with zero attached hydrogens (tertiary/aromatic N) is 3. The van der Waals surface area contributed by atoms with Gasteiger partial charge in [0, 0.05) is 11.0 Å². The number of hydrogen-bond acceptors (Lipinski definition) is 3. The number of aliphatic carboxylic acids is 2. The zero-order valence-electron chi connectivity index (χ0n) is 13.2. The third kappa shape index (κ3) is 5.76. The molecule has 1 rings (SSSR count). The minimum Gasteiger partial charge on any atom is -0.481 e. The van der Waals surface area contributed by atoms with Crippen molar-refractivity contribution in [1.29, 1.82) is 0 Å². The van der Waals surface area contributed by atoms with E-state index in [2.05, 4.69) is 35.3 Å². The number of carboxylic acid groups (broad SMARTS) is 2. The van der Waals surface area contributed by atoms with Crippen molar-refractivity contribution in [3.63, 3.8) is 0 Å². The van der Waals surface area contributed by atoms with E-state index in [1.165, 1.54) is 5.19 Å². The number of benzene rings is 1. The standard InChI is InChI=1S/C15H21N3O4Si/c1-23(2,12-6-4-3-5-7-12)9-8-11(17-18-16)10-13(14(19)20)15(21)22/h3-7,11,13H,8-10H2,1-2H3,(H,19,20)(H,21,22). The van der Waals surface area contributed by atoms with Gasteiger partial charge in [-0.05, 0) is 18.4 Å². The molecule has 0 aliphatic rings. The molecule has 0 spiro atoms. The van der Waals surface area contributed by atoms with Crippen LogP contribution in [0.25, 0.3) is 10.4 Å². The van der Waals surface area contributed by atoms with Crippen molar-refractivity contribution in [3.05, 3.63) is 40.8 Å². The molecule has 0 aliphatic heterocycles. The highest BCUT2D eigenvalue weighted by Gasteiger charge is 2.30. The Labute approximate surface area is 135 Å². The Hall–Kier alpha value is -2.31. The fraction of sp³-hybridized carbons (Fsp3) is 0.467. The minimum absolute atomic E-state index is 0.187. The van der Waals surface area contributed by atoms with Crippen LogP contribution in [0.15, 0.2) is 35.4 Å². The molecule has 0 bridgehead atoms. The van der Waals surface area contributed by atoms with Gasteiger partial charge in [0.05, 0.1) is 8.07 Å². The summed E-state index contributed by atoms with van der Waals surface area (Å²) < 4.78 is 0. The van der Waals surface area contributed by atoms with Crippen molar-refractivity contribution < 1.29 is 19.8 Å². The predicted octanol–water partition coefficient (Wildman–Crippen LogP) is 2.85. The zero-order valence-corrected chi connectivity index (χ0v) is 14.2. The van der Waals surface area contributed by atoms with Gasteiger partial charge in [-0.2, -0.15) is 0 Å². The lowest BCUT2D eigenvalue weighted by Crippen LogP contribution is -2.41. The van der Waals surface area contributed by atoms with Crippen molar-refractivity contribution >= 4 is 25.2 Å². The molecule has 0 fully saturated rings.